The summed E-state index contributed by atoms with van der Waals surface area (Å²) < 4.78 is 10.7. The molecule has 6 heteroatoms. The molecule has 4 heterocycles. The van der Waals surface area contributed by atoms with Crippen LogP contribution < -0.4 is 0 Å². The summed E-state index contributed by atoms with van der Waals surface area (Å²) in [4.78, 5) is 18.8. The lowest BCUT2D eigenvalue weighted by Crippen LogP contribution is -1.95. The number of rotatable bonds is 7. The van der Waals surface area contributed by atoms with Gasteiger partial charge in [0, 0.05) is 34.6 Å². The first-order valence-corrected chi connectivity index (χ1v) is 17.7. The predicted molar refractivity (Wildman–Crippen MR) is 215 cm³/mol. The van der Waals surface area contributed by atoms with Crippen molar-refractivity contribution in [2.24, 2.45) is 0 Å². The summed E-state index contributed by atoms with van der Waals surface area (Å²) in [6.07, 6.45) is 9.91. The minimum absolute atomic E-state index is 0.754. The second-order valence-corrected chi connectivity index (χ2v) is 13.2. The van der Waals surface area contributed by atoms with Crippen LogP contribution in [0.25, 0.3) is 100.0 Å². The molecule has 0 saturated carbocycles. The molecule has 4 aromatic heterocycles. The minimum atomic E-state index is 0.754. The first-order valence-electron chi connectivity index (χ1n) is 17.7. The van der Waals surface area contributed by atoms with Gasteiger partial charge in [0.2, 0.25) is 0 Å². The Kier molecular flexibility index (Phi) is 7.69. The highest BCUT2D eigenvalue weighted by Crippen LogP contribution is 2.45. The Balaban J connectivity index is 1.27. The Hall–Kier alpha value is -7.44. The summed E-state index contributed by atoms with van der Waals surface area (Å²) >= 11 is 0. The smallest absolute Gasteiger partial charge is 0.181 e. The fraction of sp³-hybridized carbons (Fsp3) is 0. The molecule has 0 aliphatic rings. The molecule has 0 saturated heterocycles. The Morgan fingerprint density at radius 3 is 1.26 bits per heavy atom. The Labute approximate surface area is 311 Å². The fourth-order valence-electron chi connectivity index (χ4n) is 7.46. The van der Waals surface area contributed by atoms with Crippen LogP contribution in [0.5, 0.6) is 0 Å². The van der Waals surface area contributed by atoms with E-state index in [1.165, 1.54) is 23.9 Å². The third kappa shape index (κ3) is 5.63. The molecule has 0 radical (unpaired) electrons. The van der Waals surface area contributed by atoms with E-state index in [2.05, 4.69) is 143 Å². The molecule has 0 bridgehead atoms. The summed E-state index contributed by atoms with van der Waals surface area (Å²) in [5.41, 5.74) is 14.0. The van der Waals surface area contributed by atoms with Crippen molar-refractivity contribution in [1.82, 2.24) is 19.9 Å². The van der Waals surface area contributed by atoms with Crippen molar-refractivity contribution in [2.45, 2.75) is 0 Å². The average Bonchev–Trinajstić information content (AvgIpc) is 4.00. The largest absolute Gasteiger partial charge is 0.451 e. The zero-order valence-electron chi connectivity index (χ0n) is 28.9. The maximum absolute atomic E-state index is 5.36. The summed E-state index contributed by atoms with van der Waals surface area (Å²) in [6.45, 7) is 0. The molecule has 0 amide bonds. The van der Waals surface area contributed by atoms with Gasteiger partial charge in [-0.15, -0.1) is 0 Å². The van der Waals surface area contributed by atoms with Gasteiger partial charge in [0.05, 0.1) is 11.4 Å². The van der Waals surface area contributed by atoms with Gasteiger partial charge in [-0.25, -0.2) is 9.97 Å². The minimum Gasteiger partial charge on any atom is -0.451 e. The van der Waals surface area contributed by atoms with Gasteiger partial charge in [-0.05, 0) is 103 Å². The lowest BCUT2D eigenvalue weighted by atomic mass is 9.86. The van der Waals surface area contributed by atoms with E-state index in [1.54, 1.807) is 12.5 Å². The molecule has 0 atom stereocenters. The molecule has 0 N–H and O–H groups in total. The maximum atomic E-state index is 5.36. The summed E-state index contributed by atoms with van der Waals surface area (Å²) in [5.74, 6) is 0. The zero-order chi connectivity index (χ0) is 35.8. The summed E-state index contributed by atoms with van der Waals surface area (Å²) in [7, 11) is 0. The molecule has 254 valence electrons. The number of benzene rings is 6. The van der Waals surface area contributed by atoms with Crippen LogP contribution in [0.4, 0.5) is 0 Å². The van der Waals surface area contributed by atoms with E-state index in [0.717, 1.165) is 88.8 Å². The van der Waals surface area contributed by atoms with Crippen molar-refractivity contribution in [3.63, 3.8) is 0 Å². The first kappa shape index (κ1) is 31.3. The van der Waals surface area contributed by atoms with E-state index < -0.39 is 0 Å². The maximum Gasteiger partial charge on any atom is 0.181 e. The second-order valence-electron chi connectivity index (χ2n) is 13.2. The quantitative estimate of drug-likeness (QED) is 0.155. The van der Waals surface area contributed by atoms with E-state index >= 15 is 0 Å². The van der Waals surface area contributed by atoms with E-state index in [4.69, 9.17) is 18.8 Å². The third-order valence-corrected chi connectivity index (χ3v) is 9.99. The van der Waals surface area contributed by atoms with Crippen LogP contribution in [0, 0.1) is 0 Å². The molecule has 6 nitrogen and oxygen atoms in total. The Morgan fingerprint density at radius 2 is 0.759 bits per heavy atom. The van der Waals surface area contributed by atoms with Crippen molar-refractivity contribution in [1.29, 1.82) is 0 Å². The lowest BCUT2D eigenvalue weighted by Gasteiger charge is -2.19. The zero-order valence-corrected chi connectivity index (χ0v) is 28.9. The highest BCUT2D eigenvalue weighted by Gasteiger charge is 2.20. The van der Waals surface area contributed by atoms with Crippen LogP contribution in [0.15, 0.2) is 192 Å². The number of fused-ring (bicyclic) bond motifs is 2. The SMILES string of the molecule is c1ccc(-c2cc(-c3ccccc3)cc(-c3ccc4c(-c5cc(-c6cocn6)ccn5)c5ccccc5c(-c5cc(-c6cocn6)ccn5)c4c3)c2)cc1. The van der Waals surface area contributed by atoms with Gasteiger partial charge in [-0.2, -0.15) is 0 Å². The standard InChI is InChI=1S/C48H30N4O2/c1-3-9-31(10-4-1)36-21-37(32-11-5-2-6-12-32)23-38(22-36)33-15-16-41-42(24-33)48(44-26-35(18-20-50-44)46-28-54-30-52-46)40-14-8-7-13-39(40)47(41)43-25-34(17-19-49-43)45-27-53-29-51-45/h1-30H. The van der Waals surface area contributed by atoms with Gasteiger partial charge in [0.25, 0.3) is 0 Å². The van der Waals surface area contributed by atoms with Gasteiger partial charge >= 0.3 is 0 Å². The topological polar surface area (TPSA) is 77.8 Å². The Morgan fingerprint density at radius 1 is 0.296 bits per heavy atom. The first-order chi connectivity index (χ1) is 26.8. The van der Waals surface area contributed by atoms with Crippen LogP contribution in [-0.4, -0.2) is 19.9 Å². The molecular formula is C48H30N4O2. The normalized spacial score (nSPS) is 11.3. The average molecular weight is 695 g/mol. The van der Waals surface area contributed by atoms with Crippen LogP contribution in [0.1, 0.15) is 0 Å². The molecule has 54 heavy (non-hydrogen) atoms. The predicted octanol–water partition coefficient (Wildman–Crippen LogP) is 12.4. The van der Waals surface area contributed by atoms with E-state index in [0.29, 0.717) is 0 Å². The van der Waals surface area contributed by atoms with E-state index in [9.17, 15) is 0 Å². The monoisotopic (exact) mass is 694 g/mol. The van der Waals surface area contributed by atoms with Gasteiger partial charge in [-0.3, -0.25) is 9.97 Å². The van der Waals surface area contributed by atoms with Gasteiger partial charge in [0.15, 0.2) is 12.8 Å². The molecule has 10 rings (SSSR count). The van der Waals surface area contributed by atoms with Gasteiger partial charge in [-0.1, -0.05) is 97.1 Å². The fourth-order valence-corrected chi connectivity index (χ4v) is 7.46. The van der Waals surface area contributed by atoms with Crippen molar-refractivity contribution in [3.8, 4) is 78.4 Å². The number of aromatic nitrogens is 4. The Bertz CT molecular complexity index is 2860. The van der Waals surface area contributed by atoms with Crippen molar-refractivity contribution >= 4 is 21.5 Å². The lowest BCUT2D eigenvalue weighted by molar-refractivity contribution is 0.558. The number of hydrogen-bond donors (Lipinski definition) is 0. The second kappa shape index (κ2) is 13.3. The van der Waals surface area contributed by atoms with Crippen molar-refractivity contribution in [3.05, 3.63) is 183 Å². The molecule has 0 aliphatic carbocycles. The van der Waals surface area contributed by atoms with Crippen LogP contribution in [0.2, 0.25) is 0 Å². The van der Waals surface area contributed by atoms with Crippen molar-refractivity contribution in [2.75, 3.05) is 0 Å². The van der Waals surface area contributed by atoms with Gasteiger partial charge < -0.3 is 8.83 Å². The number of pyridine rings is 2. The molecular weight excluding hydrogens is 665 g/mol. The van der Waals surface area contributed by atoms with Crippen LogP contribution >= 0.6 is 0 Å². The molecule has 6 aromatic carbocycles. The molecule has 0 aliphatic heterocycles. The van der Waals surface area contributed by atoms with Gasteiger partial charge in [0.1, 0.15) is 23.9 Å². The molecule has 0 spiro atoms. The number of hydrogen-bond acceptors (Lipinski definition) is 6. The van der Waals surface area contributed by atoms with Crippen molar-refractivity contribution < 1.29 is 8.83 Å². The molecule has 0 unspecified atom stereocenters. The highest BCUT2D eigenvalue weighted by molar-refractivity contribution is 6.21. The molecule has 0 fully saturated rings. The summed E-state index contributed by atoms with van der Waals surface area (Å²) in [5, 5.41) is 4.27. The number of nitrogens with zero attached hydrogens (tertiary/aromatic N) is 4. The van der Waals surface area contributed by atoms with Crippen LogP contribution in [-0.2, 0) is 0 Å². The van der Waals surface area contributed by atoms with E-state index in [1.807, 2.05) is 24.5 Å². The number of oxazole rings is 2. The third-order valence-electron chi connectivity index (χ3n) is 9.99. The van der Waals surface area contributed by atoms with Crippen LogP contribution in [0.3, 0.4) is 0 Å². The highest BCUT2D eigenvalue weighted by atomic mass is 16.3. The molecule has 10 aromatic rings. The van der Waals surface area contributed by atoms with E-state index in [-0.39, 0.29) is 0 Å². The summed E-state index contributed by atoms with van der Waals surface area (Å²) in [6, 6.07) is 51.4.